The SMILES string of the molecule is COc1c(Br)cc(Cl)cc1NC(=O)c1ccc(Cl)cc1Br. The summed E-state index contributed by atoms with van der Waals surface area (Å²) in [6, 6.07) is 8.24. The number of rotatable bonds is 3. The minimum Gasteiger partial charge on any atom is -0.493 e. The van der Waals surface area contributed by atoms with E-state index in [1.807, 2.05) is 0 Å². The van der Waals surface area contributed by atoms with Crippen molar-refractivity contribution in [3.05, 3.63) is 54.9 Å². The summed E-state index contributed by atoms with van der Waals surface area (Å²) in [6.07, 6.45) is 0. The normalized spacial score (nSPS) is 10.3. The molecule has 0 aliphatic carbocycles. The van der Waals surface area contributed by atoms with Gasteiger partial charge in [-0.1, -0.05) is 23.2 Å². The van der Waals surface area contributed by atoms with Crippen LogP contribution in [0, 0.1) is 0 Å². The highest BCUT2D eigenvalue weighted by atomic mass is 79.9. The number of halogens is 4. The molecule has 1 amide bonds. The van der Waals surface area contributed by atoms with Crippen molar-refractivity contribution >= 4 is 66.7 Å². The quantitative estimate of drug-likeness (QED) is 0.639. The molecule has 0 heterocycles. The standard InChI is InChI=1S/C14H9Br2Cl2NO2/c1-21-13-11(16)5-8(18)6-12(13)19-14(20)9-3-2-7(17)4-10(9)15/h2-6H,1H3,(H,19,20). The van der Waals surface area contributed by atoms with Crippen LogP contribution in [0.2, 0.25) is 10.0 Å². The van der Waals surface area contributed by atoms with Crippen molar-refractivity contribution in [1.82, 2.24) is 0 Å². The number of hydrogen-bond acceptors (Lipinski definition) is 2. The van der Waals surface area contributed by atoms with Crippen LogP contribution in [0.4, 0.5) is 5.69 Å². The van der Waals surface area contributed by atoms with Crippen molar-refractivity contribution in [1.29, 1.82) is 0 Å². The topological polar surface area (TPSA) is 38.3 Å². The maximum Gasteiger partial charge on any atom is 0.256 e. The predicted molar refractivity (Wildman–Crippen MR) is 92.8 cm³/mol. The molecule has 2 rings (SSSR count). The van der Waals surface area contributed by atoms with Crippen LogP contribution in [0.1, 0.15) is 10.4 Å². The van der Waals surface area contributed by atoms with Crippen LogP contribution in [0.25, 0.3) is 0 Å². The number of amides is 1. The fraction of sp³-hybridized carbons (Fsp3) is 0.0714. The molecule has 110 valence electrons. The summed E-state index contributed by atoms with van der Waals surface area (Å²) in [5, 5.41) is 3.79. The number of methoxy groups -OCH3 is 1. The Balaban J connectivity index is 2.35. The van der Waals surface area contributed by atoms with E-state index in [0.29, 0.717) is 36.0 Å². The minimum atomic E-state index is -0.300. The van der Waals surface area contributed by atoms with Gasteiger partial charge >= 0.3 is 0 Å². The van der Waals surface area contributed by atoms with Gasteiger partial charge in [-0.3, -0.25) is 4.79 Å². The van der Waals surface area contributed by atoms with Crippen LogP contribution in [-0.2, 0) is 0 Å². The van der Waals surface area contributed by atoms with Crippen molar-refractivity contribution < 1.29 is 9.53 Å². The molecule has 3 nitrogen and oxygen atoms in total. The second kappa shape index (κ2) is 7.01. The number of benzene rings is 2. The summed E-state index contributed by atoms with van der Waals surface area (Å²) in [5.74, 6) is 0.198. The molecule has 7 heteroatoms. The van der Waals surface area contributed by atoms with Crippen LogP contribution >= 0.6 is 55.1 Å². The fourth-order valence-corrected chi connectivity index (χ4v) is 3.56. The fourth-order valence-electron chi connectivity index (χ4n) is 1.72. The second-order valence-electron chi connectivity index (χ2n) is 4.05. The Morgan fingerprint density at radius 2 is 1.76 bits per heavy atom. The zero-order valence-corrected chi connectivity index (χ0v) is 15.4. The molecule has 0 spiro atoms. The summed E-state index contributed by atoms with van der Waals surface area (Å²) < 4.78 is 6.52. The molecular formula is C14H9Br2Cl2NO2. The number of ether oxygens (including phenoxy) is 1. The van der Waals surface area contributed by atoms with E-state index in [9.17, 15) is 4.79 Å². The van der Waals surface area contributed by atoms with E-state index in [4.69, 9.17) is 27.9 Å². The lowest BCUT2D eigenvalue weighted by Gasteiger charge is -2.13. The molecule has 21 heavy (non-hydrogen) atoms. The monoisotopic (exact) mass is 451 g/mol. The first-order chi connectivity index (χ1) is 9.92. The van der Waals surface area contributed by atoms with Gasteiger partial charge < -0.3 is 10.1 Å². The van der Waals surface area contributed by atoms with Gasteiger partial charge in [-0.25, -0.2) is 0 Å². The third-order valence-electron chi connectivity index (χ3n) is 2.64. The minimum absolute atomic E-state index is 0.300. The van der Waals surface area contributed by atoms with Crippen molar-refractivity contribution in [2.45, 2.75) is 0 Å². The van der Waals surface area contributed by atoms with E-state index >= 15 is 0 Å². The number of carbonyl (C=O) groups excluding carboxylic acids is 1. The van der Waals surface area contributed by atoms with Gasteiger partial charge in [0, 0.05) is 14.5 Å². The van der Waals surface area contributed by atoms with Crippen LogP contribution in [0.5, 0.6) is 5.75 Å². The predicted octanol–water partition coefficient (Wildman–Crippen LogP) is 5.78. The van der Waals surface area contributed by atoms with Crippen LogP contribution in [0.3, 0.4) is 0 Å². The molecule has 0 aromatic heterocycles. The van der Waals surface area contributed by atoms with E-state index in [-0.39, 0.29) is 5.91 Å². The highest BCUT2D eigenvalue weighted by Crippen LogP contribution is 2.36. The molecule has 2 aromatic rings. The Bertz CT molecular complexity index is 708. The number of hydrogen-bond donors (Lipinski definition) is 1. The summed E-state index contributed by atoms with van der Waals surface area (Å²) in [4.78, 5) is 12.3. The lowest BCUT2D eigenvalue weighted by Crippen LogP contribution is -2.13. The highest BCUT2D eigenvalue weighted by molar-refractivity contribution is 9.10. The van der Waals surface area contributed by atoms with Crippen LogP contribution in [-0.4, -0.2) is 13.0 Å². The second-order valence-corrected chi connectivity index (χ2v) is 6.63. The van der Waals surface area contributed by atoms with E-state index in [1.54, 1.807) is 30.3 Å². The zero-order valence-electron chi connectivity index (χ0n) is 10.7. The van der Waals surface area contributed by atoms with Gasteiger partial charge in [0.2, 0.25) is 0 Å². The number of anilines is 1. The molecule has 0 unspecified atom stereocenters. The zero-order chi connectivity index (χ0) is 15.6. The first-order valence-electron chi connectivity index (χ1n) is 5.72. The summed E-state index contributed by atoms with van der Waals surface area (Å²) in [7, 11) is 1.52. The Morgan fingerprint density at radius 3 is 2.38 bits per heavy atom. The molecule has 0 aliphatic rings. The molecule has 0 bridgehead atoms. The molecule has 0 aliphatic heterocycles. The first-order valence-corrected chi connectivity index (χ1v) is 8.06. The molecule has 0 radical (unpaired) electrons. The van der Waals surface area contributed by atoms with Gasteiger partial charge in [-0.15, -0.1) is 0 Å². The lowest BCUT2D eigenvalue weighted by atomic mass is 10.2. The molecular weight excluding hydrogens is 445 g/mol. The van der Waals surface area contributed by atoms with Gasteiger partial charge in [0.1, 0.15) is 0 Å². The Hall–Kier alpha value is -0.750. The third kappa shape index (κ3) is 3.92. The number of carbonyl (C=O) groups is 1. The highest BCUT2D eigenvalue weighted by Gasteiger charge is 2.15. The van der Waals surface area contributed by atoms with E-state index < -0.39 is 0 Å². The van der Waals surface area contributed by atoms with Crippen molar-refractivity contribution in [2.75, 3.05) is 12.4 Å². The Morgan fingerprint density at radius 1 is 1.10 bits per heavy atom. The molecule has 0 saturated carbocycles. The smallest absolute Gasteiger partial charge is 0.256 e. The Labute approximate surface area is 148 Å². The molecule has 1 N–H and O–H groups in total. The maximum atomic E-state index is 12.3. The van der Waals surface area contributed by atoms with E-state index in [0.717, 1.165) is 0 Å². The summed E-state index contributed by atoms with van der Waals surface area (Å²) >= 11 is 18.5. The average molecular weight is 454 g/mol. The van der Waals surface area contributed by atoms with Crippen molar-refractivity contribution in [3.8, 4) is 5.75 Å². The van der Waals surface area contributed by atoms with Gasteiger partial charge in [-0.05, 0) is 62.2 Å². The first kappa shape index (κ1) is 16.6. The molecule has 2 aromatic carbocycles. The third-order valence-corrected chi connectivity index (χ3v) is 4.33. The summed E-state index contributed by atoms with van der Waals surface area (Å²) in [5.41, 5.74) is 0.932. The molecule has 0 saturated heterocycles. The van der Waals surface area contributed by atoms with Crippen LogP contribution in [0.15, 0.2) is 39.3 Å². The number of nitrogens with one attached hydrogen (secondary N) is 1. The van der Waals surface area contributed by atoms with E-state index in [1.165, 1.54) is 7.11 Å². The Kier molecular flexibility index (Phi) is 5.54. The van der Waals surface area contributed by atoms with Gasteiger partial charge in [0.25, 0.3) is 5.91 Å². The van der Waals surface area contributed by atoms with Crippen molar-refractivity contribution in [3.63, 3.8) is 0 Å². The van der Waals surface area contributed by atoms with E-state index in [2.05, 4.69) is 37.2 Å². The maximum absolute atomic E-state index is 12.3. The van der Waals surface area contributed by atoms with Gasteiger partial charge in [0.15, 0.2) is 5.75 Å². The molecule has 0 fully saturated rings. The summed E-state index contributed by atoms with van der Waals surface area (Å²) in [6.45, 7) is 0. The lowest BCUT2D eigenvalue weighted by molar-refractivity contribution is 0.102. The molecule has 0 atom stereocenters. The van der Waals surface area contributed by atoms with Gasteiger partial charge in [0.05, 0.1) is 22.8 Å². The van der Waals surface area contributed by atoms with Crippen molar-refractivity contribution in [2.24, 2.45) is 0 Å². The van der Waals surface area contributed by atoms with Crippen LogP contribution < -0.4 is 10.1 Å². The average Bonchev–Trinajstić information content (AvgIpc) is 2.37. The van der Waals surface area contributed by atoms with Gasteiger partial charge in [-0.2, -0.15) is 0 Å². The largest absolute Gasteiger partial charge is 0.493 e.